The average Bonchev–Trinajstić information content (AvgIpc) is 2.31. The number of morpholine rings is 1. The molecule has 1 N–H and O–H groups in total. The molecule has 15 heavy (non-hydrogen) atoms. The third-order valence-corrected chi connectivity index (χ3v) is 2.52. The normalized spacial score (nSPS) is 16.5. The standard InChI is InChI=1S/C10H20N2O3/c1-2-11(4-3-7-13)10(14)12-5-8-15-9-6-12/h13H,2-9H2,1H3. The lowest BCUT2D eigenvalue weighted by Gasteiger charge is -2.32. The number of rotatable bonds is 4. The van der Waals surface area contributed by atoms with Crippen LogP contribution in [0.3, 0.4) is 0 Å². The summed E-state index contributed by atoms with van der Waals surface area (Å²) in [5.74, 6) is 0. The van der Waals surface area contributed by atoms with Crippen molar-refractivity contribution in [3.63, 3.8) is 0 Å². The summed E-state index contributed by atoms with van der Waals surface area (Å²) in [6.07, 6.45) is 0.643. The molecule has 5 heteroatoms. The molecule has 2 amide bonds. The number of aliphatic hydroxyl groups is 1. The molecule has 1 aliphatic rings. The third kappa shape index (κ3) is 3.68. The minimum absolute atomic E-state index is 0.0641. The first-order valence-electron chi connectivity index (χ1n) is 5.52. The second-order valence-electron chi connectivity index (χ2n) is 3.54. The van der Waals surface area contributed by atoms with Crippen molar-refractivity contribution in [2.24, 2.45) is 0 Å². The number of amides is 2. The van der Waals surface area contributed by atoms with Gasteiger partial charge in [-0.2, -0.15) is 0 Å². The fourth-order valence-corrected chi connectivity index (χ4v) is 1.61. The molecule has 1 fully saturated rings. The van der Waals surface area contributed by atoms with Crippen LogP contribution in [0.25, 0.3) is 0 Å². The van der Waals surface area contributed by atoms with Gasteiger partial charge in [-0.1, -0.05) is 0 Å². The highest BCUT2D eigenvalue weighted by molar-refractivity contribution is 5.74. The van der Waals surface area contributed by atoms with E-state index in [0.29, 0.717) is 45.8 Å². The zero-order valence-electron chi connectivity index (χ0n) is 9.31. The van der Waals surface area contributed by atoms with Crippen molar-refractivity contribution in [2.45, 2.75) is 13.3 Å². The molecular weight excluding hydrogens is 196 g/mol. The third-order valence-electron chi connectivity index (χ3n) is 2.52. The van der Waals surface area contributed by atoms with E-state index in [4.69, 9.17) is 9.84 Å². The van der Waals surface area contributed by atoms with E-state index in [1.54, 1.807) is 4.90 Å². The van der Waals surface area contributed by atoms with Gasteiger partial charge >= 0.3 is 6.03 Å². The van der Waals surface area contributed by atoms with Crippen LogP contribution in [-0.2, 0) is 4.74 Å². The first-order valence-corrected chi connectivity index (χ1v) is 5.52. The molecule has 0 atom stereocenters. The Kier molecular flexibility index (Phi) is 5.42. The van der Waals surface area contributed by atoms with Gasteiger partial charge in [-0.25, -0.2) is 4.79 Å². The lowest BCUT2D eigenvalue weighted by Crippen LogP contribution is -2.48. The number of carbonyl (C=O) groups is 1. The highest BCUT2D eigenvalue weighted by atomic mass is 16.5. The lowest BCUT2D eigenvalue weighted by molar-refractivity contribution is 0.0432. The zero-order chi connectivity index (χ0) is 11.1. The van der Waals surface area contributed by atoms with Gasteiger partial charge in [0.15, 0.2) is 0 Å². The van der Waals surface area contributed by atoms with Crippen LogP contribution in [0.4, 0.5) is 4.79 Å². The smallest absolute Gasteiger partial charge is 0.320 e. The molecule has 1 heterocycles. The Labute approximate surface area is 90.6 Å². The molecule has 0 bridgehead atoms. The molecule has 0 aromatic rings. The molecule has 1 aliphatic heterocycles. The van der Waals surface area contributed by atoms with E-state index in [9.17, 15) is 4.79 Å². The van der Waals surface area contributed by atoms with E-state index < -0.39 is 0 Å². The van der Waals surface area contributed by atoms with E-state index >= 15 is 0 Å². The van der Waals surface area contributed by atoms with E-state index in [2.05, 4.69) is 0 Å². The molecule has 5 nitrogen and oxygen atoms in total. The van der Waals surface area contributed by atoms with Crippen molar-refractivity contribution < 1.29 is 14.6 Å². The molecule has 0 unspecified atom stereocenters. The minimum Gasteiger partial charge on any atom is -0.396 e. The SMILES string of the molecule is CCN(CCCO)C(=O)N1CCOCC1. The highest BCUT2D eigenvalue weighted by Crippen LogP contribution is 2.03. The van der Waals surface area contributed by atoms with Gasteiger partial charge in [-0.15, -0.1) is 0 Å². The van der Waals surface area contributed by atoms with Crippen molar-refractivity contribution in [1.29, 1.82) is 0 Å². The van der Waals surface area contributed by atoms with Crippen LogP contribution in [0.2, 0.25) is 0 Å². The quantitative estimate of drug-likeness (QED) is 0.727. The van der Waals surface area contributed by atoms with Crippen molar-refractivity contribution in [3.05, 3.63) is 0 Å². The second-order valence-corrected chi connectivity index (χ2v) is 3.54. The van der Waals surface area contributed by atoms with Crippen molar-refractivity contribution in [3.8, 4) is 0 Å². The van der Waals surface area contributed by atoms with Gasteiger partial charge in [0.05, 0.1) is 13.2 Å². The molecule has 0 aromatic carbocycles. The maximum absolute atomic E-state index is 11.9. The van der Waals surface area contributed by atoms with E-state index in [1.807, 2.05) is 11.8 Å². The fraction of sp³-hybridized carbons (Fsp3) is 0.900. The Morgan fingerprint density at radius 3 is 2.67 bits per heavy atom. The van der Waals surface area contributed by atoms with Gasteiger partial charge in [-0.05, 0) is 13.3 Å². The summed E-state index contributed by atoms with van der Waals surface area (Å²) >= 11 is 0. The van der Waals surface area contributed by atoms with Crippen LogP contribution in [0, 0.1) is 0 Å². The van der Waals surface area contributed by atoms with Gasteiger partial charge < -0.3 is 19.6 Å². The highest BCUT2D eigenvalue weighted by Gasteiger charge is 2.21. The Morgan fingerprint density at radius 2 is 2.13 bits per heavy atom. The summed E-state index contributed by atoms with van der Waals surface area (Å²) in [7, 11) is 0. The van der Waals surface area contributed by atoms with Crippen LogP contribution < -0.4 is 0 Å². The van der Waals surface area contributed by atoms with Crippen molar-refractivity contribution in [2.75, 3.05) is 46.0 Å². The van der Waals surface area contributed by atoms with Gasteiger partial charge in [0.1, 0.15) is 0 Å². The number of aliphatic hydroxyl groups excluding tert-OH is 1. The van der Waals surface area contributed by atoms with Crippen LogP contribution in [-0.4, -0.2) is 66.9 Å². The predicted molar refractivity (Wildman–Crippen MR) is 56.7 cm³/mol. The largest absolute Gasteiger partial charge is 0.396 e. The van der Waals surface area contributed by atoms with Crippen LogP contribution in [0.5, 0.6) is 0 Å². The topological polar surface area (TPSA) is 53.0 Å². The predicted octanol–water partition coefficient (Wildman–Crippen LogP) is 0.143. The Bertz CT molecular complexity index is 193. The molecular formula is C10H20N2O3. The molecule has 0 saturated carbocycles. The first kappa shape index (κ1) is 12.3. The van der Waals surface area contributed by atoms with E-state index in [0.717, 1.165) is 0 Å². The van der Waals surface area contributed by atoms with Crippen LogP contribution in [0.15, 0.2) is 0 Å². The Morgan fingerprint density at radius 1 is 1.47 bits per heavy atom. The number of hydrogen-bond acceptors (Lipinski definition) is 3. The number of hydrogen-bond donors (Lipinski definition) is 1. The Hall–Kier alpha value is -0.810. The Balaban J connectivity index is 2.40. The molecule has 1 saturated heterocycles. The second kappa shape index (κ2) is 6.63. The number of carbonyl (C=O) groups excluding carboxylic acids is 1. The number of ether oxygens (including phenoxy) is 1. The molecule has 0 radical (unpaired) electrons. The van der Waals surface area contributed by atoms with Crippen molar-refractivity contribution in [1.82, 2.24) is 9.80 Å². The zero-order valence-corrected chi connectivity index (χ0v) is 9.31. The van der Waals surface area contributed by atoms with Gasteiger partial charge in [0, 0.05) is 32.8 Å². The maximum atomic E-state index is 11.9. The van der Waals surface area contributed by atoms with Gasteiger partial charge in [0.25, 0.3) is 0 Å². The summed E-state index contributed by atoms with van der Waals surface area (Å²) < 4.78 is 5.19. The van der Waals surface area contributed by atoms with Gasteiger partial charge in [0.2, 0.25) is 0 Å². The molecule has 0 spiro atoms. The van der Waals surface area contributed by atoms with E-state index in [1.165, 1.54) is 0 Å². The molecule has 1 rings (SSSR count). The first-order chi connectivity index (χ1) is 7.29. The monoisotopic (exact) mass is 216 g/mol. The summed E-state index contributed by atoms with van der Waals surface area (Å²) in [5, 5.41) is 8.73. The minimum atomic E-state index is 0.0641. The molecule has 0 aliphatic carbocycles. The average molecular weight is 216 g/mol. The van der Waals surface area contributed by atoms with Gasteiger partial charge in [-0.3, -0.25) is 0 Å². The number of nitrogens with zero attached hydrogens (tertiary/aromatic N) is 2. The molecule has 88 valence electrons. The summed E-state index contributed by atoms with van der Waals surface area (Å²) in [4.78, 5) is 15.5. The lowest BCUT2D eigenvalue weighted by atomic mass is 10.4. The van der Waals surface area contributed by atoms with Crippen molar-refractivity contribution >= 4 is 6.03 Å². The van der Waals surface area contributed by atoms with E-state index in [-0.39, 0.29) is 12.6 Å². The van der Waals surface area contributed by atoms with Crippen LogP contribution in [0.1, 0.15) is 13.3 Å². The summed E-state index contributed by atoms with van der Waals surface area (Å²) in [6, 6.07) is 0.0641. The number of urea groups is 1. The summed E-state index contributed by atoms with van der Waals surface area (Å²) in [6.45, 7) is 6.01. The maximum Gasteiger partial charge on any atom is 0.320 e. The van der Waals surface area contributed by atoms with Crippen LogP contribution >= 0.6 is 0 Å². The summed E-state index contributed by atoms with van der Waals surface area (Å²) in [5.41, 5.74) is 0. The molecule has 0 aromatic heterocycles. The fourth-order valence-electron chi connectivity index (χ4n) is 1.61.